The molecule has 0 aromatic rings. The van der Waals surface area contributed by atoms with E-state index in [4.69, 9.17) is 5.73 Å². The first-order valence-electron chi connectivity index (χ1n) is 4.38. The van der Waals surface area contributed by atoms with E-state index in [1.807, 2.05) is 0 Å². The molecule has 10 heavy (non-hydrogen) atoms. The van der Waals surface area contributed by atoms with Crippen LogP contribution >= 0.6 is 0 Å². The quantitative estimate of drug-likeness (QED) is 0.544. The molecule has 2 saturated carbocycles. The van der Waals surface area contributed by atoms with Crippen LogP contribution in [0.4, 0.5) is 0 Å². The number of nitrogens with two attached hydrogens (primary N) is 1. The first kappa shape index (κ1) is 6.66. The van der Waals surface area contributed by atoms with Gasteiger partial charge in [-0.25, -0.2) is 0 Å². The molecule has 2 fully saturated rings. The Labute approximate surface area is 63.0 Å². The van der Waals surface area contributed by atoms with Gasteiger partial charge in [-0.2, -0.15) is 0 Å². The molecule has 2 bridgehead atoms. The van der Waals surface area contributed by atoms with Crippen molar-refractivity contribution in [1.82, 2.24) is 0 Å². The number of fused-ring (bicyclic) bond motifs is 2. The van der Waals surface area contributed by atoms with Crippen molar-refractivity contribution in [3.05, 3.63) is 0 Å². The summed E-state index contributed by atoms with van der Waals surface area (Å²) < 4.78 is 0. The van der Waals surface area contributed by atoms with Crippen molar-refractivity contribution in [1.29, 1.82) is 0 Å². The van der Waals surface area contributed by atoms with Crippen molar-refractivity contribution < 1.29 is 0 Å². The van der Waals surface area contributed by atoms with E-state index in [9.17, 15) is 0 Å². The molecular weight excluding hydrogens is 122 g/mol. The maximum Gasteiger partial charge on any atom is 0.0121 e. The molecule has 0 spiro atoms. The molecule has 0 radical (unpaired) electrons. The molecule has 0 heterocycles. The lowest BCUT2D eigenvalue weighted by atomic mass is 9.73. The SMILES string of the molecule is CC1(C)[C@H]2CC[C@H](C2)[C@H]1N. The second kappa shape index (κ2) is 1.76. The van der Waals surface area contributed by atoms with Gasteiger partial charge in [0.1, 0.15) is 0 Å². The van der Waals surface area contributed by atoms with Gasteiger partial charge in [0.05, 0.1) is 0 Å². The zero-order valence-corrected chi connectivity index (χ0v) is 6.93. The van der Waals surface area contributed by atoms with Gasteiger partial charge in [-0.3, -0.25) is 0 Å². The van der Waals surface area contributed by atoms with Crippen molar-refractivity contribution in [2.24, 2.45) is 23.0 Å². The lowest BCUT2D eigenvalue weighted by Crippen LogP contribution is -2.42. The van der Waals surface area contributed by atoms with Crippen molar-refractivity contribution in [2.45, 2.75) is 39.2 Å². The molecular formula is C9H17N. The van der Waals surface area contributed by atoms with Gasteiger partial charge in [-0.1, -0.05) is 13.8 Å². The maximum atomic E-state index is 6.10. The summed E-state index contributed by atoms with van der Waals surface area (Å²) in [7, 11) is 0. The van der Waals surface area contributed by atoms with Crippen LogP contribution in [-0.2, 0) is 0 Å². The summed E-state index contributed by atoms with van der Waals surface area (Å²) in [5, 5.41) is 0. The van der Waals surface area contributed by atoms with Crippen LogP contribution in [0.15, 0.2) is 0 Å². The Bertz CT molecular complexity index is 147. The van der Waals surface area contributed by atoms with Crippen molar-refractivity contribution in [3.63, 3.8) is 0 Å². The molecule has 0 unspecified atom stereocenters. The molecule has 1 nitrogen and oxygen atoms in total. The molecule has 0 aromatic carbocycles. The van der Waals surface area contributed by atoms with Crippen LogP contribution < -0.4 is 5.73 Å². The minimum absolute atomic E-state index is 0.447. The third-order valence-electron chi connectivity index (χ3n) is 3.89. The minimum Gasteiger partial charge on any atom is -0.327 e. The molecule has 2 aliphatic rings. The van der Waals surface area contributed by atoms with E-state index in [-0.39, 0.29) is 0 Å². The van der Waals surface area contributed by atoms with E-state index >= 15 is 0 Å². The molecule has 0 amide bonds. The molecule has 2 aliphatic carbocycles. The number of hydrogen-bond acceptors (Lipinski definition) is 1. The van der Waals surface area contributed by atoms with Crippen molar-refractivity contribution in [3.8, 4) is 0 Å². The fraction of sp³-hybridized carbons (Fsp3) is 1.00. The van der Waals surface area contributed by atoms with Crippen LogP contribution in [0.25, 0.3) is 0 Å². The lowest BCUT2D eigenvalue weighted by molar-refractivity contribution is 0.181. The summed E-state index contributed by atoms with van der Waals surface area (Å²) in [6, 6.07) is 0.492. The van der Waals surface area contributed by atoms with E-state index in [0.29, 0.717) is 11.5 Å². The smallest absolute Gasteiger partial charge is 0.0121 e. The average Bonchev–Trinajstić information content (AvgIpc) is 2.37. The highest BCUT2D eigenvalue weighted by Gasteiger charge is 2.50. The van der Waals surface area contributed by atoms with Crippen LogP contribution in [0, 0.1) is 17.3 Å². The maximum absolute atomic E-state index is 6.10. The average molecular weight is 139 g/mol. The van der Waals surface area contributed by atoms with Gasteiger partial charge in [0.15, 0.2) is 0 Å². The summed E-state index contributed by atoms with van der Waals surface area (Å²) in [6.45, 7) is 4.67. The Balaban J connectivity index is 2.25. The number of hydrogen-bond donors (Lipinski definition) is 1. The second-order valence-corrected chi connectivity index (χ2v) is 4.62. The summed E-state index contributed by atoms with van der Waals surface area (Å²) in [6.07, 6.45) is 4.24. The highest BCUT2D eigenvalue weighted by Crippen LogP contribution is 2.54. The Morgan fingerprint density at radius 1 is 1.30 bits per heavy atom. The molecule has 2 N–H and O–H groups in total. The Morgan fingerprint density at radius 3 is 2.30 bits per heavy atom. The first-order chi connectivity index (χ1) is 4.62. The Morgan fingerprint density at radius 2 is 2.00 bits per heavy atom. The predicted octanol–water partition coefficient (Wildman–Crippen LogP) is 1.77. The first-order valence-corrected chi connectivity index (χ1v) is 4.38. The van der Waals surface area contributed by atoms with Gasteiger partial charge in [0.25, 0.3) is 0 Å². The molecule has 0 aromatic heterocycles. The van der Waals surface area contributed by atoms with Crippen LogP contribution in [0.3, 0.4) is 0 Å². The van der Waals surface area contributed by atoms with E-state index in [0.717, 1.165) is 11.8 Å². The van der Waals surface area contributed by atoms with Crippen LogP contribution in [0.1, 0.15) is 33.1 Å². The third-order valence-corrected chi connectivity index (χ3v) is 3.89. The molecule has 0 aliphatic heterocycles. The predicted molar refractivity (Wildman–Crippen MR) is 42.6 cm³/mol. The van der Waals surface area contributed by atoms with E-state index in [1.165, 1.54) is 19.3 Å². The second-order valence-electron chi connectivity index (χ2n) is 4.62. The van der Waals surface area contributed by atoms with Crippen LogP contribution in [-0.4, -0.2) is 6.04 Å². The highest BCUT2D eigenvalue weighted by atomic mass is 14.8. The van der Waals surface area contributed by atoms with E-state index in [1.54, 1.807) is 0 Å². The van der Waals surface area contributed by atoms with Gasteiger partial charge in [0, 0.05) is 6.04 Å². The molecule has 0 saturated heterocycles. The van der Waals surface area contributed by atoms with Crippen LogP contribution in [0.2, 0.25) is 0 Å². The zero-order valence-electron chi connectivity index (χ0n) is 6.93. The highest BCUT2D eigenvalue weighted by molar-refractivity contribution is 5.04. The van der Waals surface area contributed by atoms with E-state index < -0.39 is 0 Å². The molecule has 58 valence electrons. The summed E-state index contributed by atoms with van der Waals surface area (Å²) >= 11 is 0. The third kappa shape index (κ3) is 0.619. The molecule has 1 heteroatoms. The zero-order chi connectivity index (χ0) is 7.35. The number of rotatable bonds is 0. The summed E-state index contributed by atoms with van der Waals surface area (Å²) in [5.41, 5.74) is 6.55. The van der Waals surface area contributed by atoms with Gasteiger partial charge in [0.2, 0.25) is 0 Å². The van der Waals surface area contributed by atoms with Crippen molar-refractivity contribution in [2.75, 3.05) is 0 Å². The largest absolute Gasteiger partial charge is 0.327 e. The normalized spacial score (nSPS) is 50.1. The topological polar surface area (TPSA) is 26.0 Å². The van der Waals surface area contributed by atoms with Gasteiger partial charge >= 0.3 is 0 Å². The standard InChI is InChI=1S/C9H17N/c1-9(2)7-4-3-6(5-7)8(9)10/h6-8H,3-5,10H2,1-2H3/t6-,7+,8-/m1/s1. The summed E-state index contributed by atoms with van der Waals surface area (Å²) in [4.78, 5) is 0. The minimum atomic E-state index is 0.447. The van der Waals surface area contributed by atoms with Gasteiger partial charge < -0.3 is 5.73 Å². The lowest BCUT2D eigenvalue weighted by Gasteiger charge is -2.35. The van der Waals surface area contributed by atoms with Crippen molar-refractivity contribution >= 4 is 0 Å². The van der Waals surface area contributed by atoms with Crippen LogP contribution in [0.5, 0.6) is 0 Å². The Hall–Kier alpha value is -0.0400. The fourth-order valence-corrected chi connectivity index (χ4v) is 2.90. The van der Waals surface area contributed by atoms with E-state index in [2.05, 4.69) is 13.8 Å². The van der Waals surface area contributed by atoms with Gasteiger partial charge in [-0.15, -0.1) is 0 Å². The van der Waals surface area contributed by atoms with Gasteiger partial charge in [-0.05, 0) is 36.5 Å². The molecule has 3 atom stereocenters. The molecule has 2 rings (SSSR count). The monoisotopic (exact) mass is 139 g/mol. The summed E-state index contributed by atoms with van der Waals surface area (Å²) in [5.74, 6) is 1.80. The fourth-order valence-electron chi connectivity index (χ4n) is 2.90. The Kier molecular flexibility index (Phi) is 1.17.